The molecular formula is C38H68Cl4O4Si2. The second kappa shape index (κ2) is 16.9. The van der Waals surface area contributed by atoms with E-state index in [1.165, 1.54) is 51.4 Å². The minimum atomic E-state index is -1.60. The Bertz CT molecular complexity index is 998. The summed E-state index contributed by atoms with van der Waals surface area (Å²) in [6.45, 7) is 24.7. The van der Waals surface area contributed by atoms with Gasteiger partial charge in [0.25, 0.3) is 0 Å². The molecule has 4 nitrogen and oxygen atoms in total. The molecule has 0 aliphatic heterocycles. The van der Waals surface area contributed by atoms with Gasteiger partial charge in [0.15, 0.2) is 36.9 Å². The standard InChI is InChI=1S/2C19H34Cl2O2Si/c2*1-18(2,3)24(4,5)23-12-8-6-7-9-14-10-11-16-15(14)13-17(22)19(16,20)21/h2*14-16H,6-13H2,1-5H3. The van der Waals surface area contributed by atoms with Crippen molar-refractivity contribution in [1.29, 1.82) is 0 Å². The number of carbonyl (C=O) groups excluding carboxylic acids is 2. The first-order chi connectivity index (χ1) is 21.9. The maximum absolute atomic E-state index is 12.0. The van der Waals surface area contributed by atoms with Crippen molar-refractivity contribution < 1.29 is 18.4 Å². The van der Waals surface area contributed by atoms with Gasteiger partial charge in [-0.1, -0.05) is 126 Å². The van der Waals surface area contributed by atoms with Crippen LogP contribution in [-0.4, -0.2) is 50.1 Å². The average Bonchev–Trinajstić information content (AvgIpc) is 3.66. The molecule has 4 aliphatic rings. The molecule has 4 saturated carbocycles. The Kier molecular flexibility index (Phi) is 15.2. The first-order valence-electron chi connectivity index (χ1n) is 19.0. The monoisotopic (exact) mass is 784 g/mol. The first kappa shape index (κ1) is 43.3. The van der Waals surface area contributed by atoms with E-state index in [1.54, 1.807) is 0 Å². The predicted molar refractivity (Wildman–Crippen MR) is 211 cm³/mol. The molecule has 280 valence electrons. The van der Waals surface area contributed by atoms with Gasteiger partial charge in [-0.15, -0.1) is 0 Å². The van der Waals surface area contributed by atoms with E-state index >= 15 is 0 Å². The van der Waals surface area contributed by atoms with Crippen LogP contribution in [0.2, 0.25) is 36.3 Å². The number of unbranched alkanes of at least 4 members (excludes halogenated alkanes) is 4. The molecular weight excluding hydrogens is 718 g/mol. The van der Waals surface area contributed by atoms with E-state index in [0.29, 0.717) is 36.5 Å². The summed E-state index contributed by atoms with van der Waals surface area (Å²) >= 11 is 25.1. The van der Waals surface area contributed by atoms with Gasteiger partial charge in [0, 0.05) is 37.9 Å². The third-order valence-corrected chi connectivity index (χ3v) is 24.5. The average molecular weight is 787 g/mol. The third kappa shape index (κ3) is 10.5. The molecule has 10 heteroatoms. The Balaban J connectivity index is 0.000000260. The fraction of sp³-hybridized carbons (Fsp3) is 0.947. The Morgan fingerprint density at radius 3 is 1.23 bits per heavy atom. The number of ketones is 2. The van der Waals surface area contributed by atoms with E-state index < -0.39 is 25.3 Å². The number of alkyl halides is 4. The highest BCUT2D eigenvalue weighted by molar-refractivity contribution is 6.74. The van der Waals surface area contributed by atoms with Gasteiger partial charge in [0.05, 0.1) is 0 Å². The smallest absolute Gasteiger partial charge is 0.191 e. The van der Waals surface area contributed by atoms with Crippen molar-refractivity contribution in [3.63, 3.8) is 0 Å². The lowest BCUT2D eigenvalue weighted by atomic mass is 9.88. The Morgan fingerprint density at radius 2 is 0.917 bits per heavy atom. The maximum Gasteiger partial charge on any atom is 0.191 e. The Morgan fingerprint density at radius 1 is 0.583 bits per heavy atom. The largest absolute Gasteiger partial charge is 0.417 e. The molecule has 0 saturated heterocycles. The van der Waals surface area contributed by atoms with Crippen molar-refractivity contribution in [3.8, 4) is 0 Å². The number of rotatable bonds is 14. The molecule has 0 aromatic rings. The SMILES string of the molecule is CC(C)(C)[Si](C)(C)OCCCCCC1CCC2C1CC(=O)C2(Cl)Cl.CC(C)(C)[Si](C)(C)OCCCCCC1CCC2C1CC(=O)C2(Cl)Cl. The van der Waals surface area contributed by atoms with Gasteiger partial charge in [-0.05, 0) is 98.5 Å². The van der Waals surface area contributed by atoms with E-state index in [2.05, 4.69) is 67.7 Å². The van der Waals surface area contributed by atoms with Gasteiger partial charge >= 0.3 is 0 Å². The number of hydrogen-bond donors (Lipinski definition) is 0. The van der Waals surface area contributed by atoms with Crippen molar-refractivity contribution in [2.45, 2.75) is 176 Å². The topological polar surface area (TPSA) is 52.6 Å². The summed E-state index contributed by atoms with van der Waals surface area (Å²) in [4.78, 5) is 23.9. The van der Waals surface area contributed by atoms with Crippen LogP contribution in [0.5, 0.6) is 0 Å². The predicted octanol–water partition coefficient (Wildman–Crippen LogP) is 12.7. The van der Waals surface area contributed by atoms with Crippen LogP contribution in [0.4, 0.5) is 0 Å². The lowest BCUT2D eigenvalue weighted by Crippen LogP contribution is -2.40. The van der Waals surface area contributed by atoms with Crippen LogP contribution in [0.1, 0.15) is 131 Å². The van der Waals surface area contributed by atoms with Crippen LogP contribution < -0.4 is 0 Å². The number of carbonyl (C=O) groups is 2. The second-order valence-corrected chi connectivity index (χ2v) is 31.0. The van der Waals surface area contributed by atoms with E-state index in [9.17, 15) is 9.59 Å². The summed E-state index contributed by atoms with van der Waals surface area (Å²) in [5, 5.41) is 0.576. The van der Waals surface area contributed by atoms with Gasteiger partial charge in [-0.3, -0.25) is 9.59 Å². The zero-order valence-electron chi connectivity index (χ0n) is 31.9. The van der Waals surface area contributed by atoms with Crippen molar-refractivity contribution >= 4 is 74.6 Å². The highest BCUT2D eigenvalue weighted by Gasteiger charge is 2.58. The van der Waals surface area contributed by atoms with Crippen LogP contribution >= 0.6 is 46.4 Å². The number of hydrogen-bond acceptors (Lipinski definition) is 4. The summed E-state index contributed by atoms with van der Waals surface area (Å²) in [7, 11) is -3.20. The highest BCUT2D eigenvalue weighted by Crippen LogP contribution is 2.57. The van der Waals surface area contributed by atoms with Crippen molar-refractivity contribution in [3.05, 3.63) is 0 Å². The van der Waals surface area contributed by atoms with E-state index in [4.69, 9.17) is 55.3 Å². The van der Waals surface area contributed by atoms with Gasteiger partial charge in [-0.2, -0.15) is 0 Å². The second-order valence-electron chi connectivity index (χ2n) is 18.6. The molecule has 6 atom stereocenters. The normalized spacial score (nSPS) is 30.0. The summed E-state index contributed by atoms with van der Waals surface area (Å²) < 4.78 is 10.3. The fourth-order valence-corrected chi connectivity index (χ4v) is 11.7. The molecule has 6 unspecified atom stereocenters. The summed E-state index contributed by atoms with van der Waals surface area (Å²) in [6.07, 6.45) is 15.2. The van der Waals surface area contributed by atoms with Gasteiger partial charge in [0.2, 0.25) is 0 Å². The minimum absolute atomic E-state index is 0.0494. The molecule has 0 heterocycles. The Hall–Kier alpha value is 0.854. The molecule has 0 aromatic heterocycles. The summed E-state index contributed by atoms with van der Waals surface area (Å²) in [5.74, 6) is 2.62. The summed E-state index contributed by atoms with van der Waals surface area (Å²) in [5.41, 5.74) is 0. The molecule has 4 rings (SSSR count). The van der Waals surface area contributed by atoms with Crippen molar-refractivity contribution in [1.82, 2.24) is 0 Å². The number of fused-ring (bicyclic) bond motifs is 2. The third-order valence-electron chi connectivity index (χ3n) is 13.4. The quantitative estimate of drug-likeness (QED) is 0.1000. The van der Waals surface area contributed by atoms with Crippen LogP contribution in [-0.2, 0) is 18.4 Å². The van der Waals surface area contributed by atoms with Crippen molar-refractivity contribution in [2.75, 3.05) is 13.2 Å². The molecule has 0 N–H and O–H groups in total. The molecule has 4 aliphatic carbocycles. The van der Waals surface area contributed by atoms with Gasteiger partial charge < -0.3 is 8.85 Å². The summed E-state index contributed by atoms with van der Waals surface area (Å²) in [6, 6.07) is 0. The molecule has 0 radical (unpaired) electrons. The number of halogens is 4. The molecule has 0 aromatic carbocycles. The van der Waals surface area contributed by atoms with Gasteiger partial charge in [-0.25, -0.2) is 0 Å². The molecule has 0 bridgehead atoms. The van der Waals surface area contributed by atoms with E-state index in [0.717, 1.165) is 38.9 Å². The van der Waals surface area contributed by atoms with Gasteiger partial charge in [0.1, 0.15) is 0 Å². The fourth-order valence-electron chi connectivity index (χ4n) is 8.11. The molecule has 0 spiro atoms. The lowest BCUT2D eigenvalue weighted by molar-refractivity contribution is -0.119. The first-order valence-corrected chi connectivity index (χ1v) is 26.4. The van der Waals surface area contributed by atoms with Crippen LogP contribution in [0, 0.1) is 35.5 Å². The van der Waals surface area contributed by atoms with E-state index in [1.807, 2.05) is 0 Å². The van der Waals surface area contributed by atoms with Crippen LogP contribution in [0.3, 0.4) is 0 Å². The molecule has 4 fully saturated rings. The van der Waals surface area contributed by atoms with Crippen LogP contribution in [0.15, 0.2) is 0 Å². The minimum Gasteiger partial charge on any atom is -0.417 e. The Labute approximate surface area is 316 Å². The highest BCUT2D eigenvalue weighted by atomic mass is 35.5. The molecule has 48 heavy (non-hydrogen) atoms. The maximum atomic E-state index is 12.0. The number of Topliss-reactive ketones (excluding diaryl/α,β-unsaturated/α-hetero) is 2. The van der Waals surface area contributed by atoms with Crippen molar-refractivity contribution in [2.24, 2.45) is 35.5 Å². The van der Waals surface area contributed by atoms with E-state index in [-0.39, 0.29) is 33.5 Å². The lowest BCUT2D eigenvalue weighted by Gasteiger charge is -2.36. The zero-order chi connectivity index (χ0) is 36.3. The van der Waals surface area contributed by atoms with Crippen LogP contribution in [0.25, 0.3) is 0 Å². The molecule has 0 amide bonds. The zero-order valence-corrected chi connectivity index (χ0v) is 36.9.